The molecule has 0 aromatic rings. The quantitative estimate of drug-likeness (QED) is 0.388. The molecule has 0 radical (unpaired) electrons. The number of rotatable bonds is 2. The van der Waals surface area contributed by atoms with E-state index in [9.17, 15) is 4.79 Å². The topological polar surface area (TPSA) is 44.8 Å². The maximum atomic E-state index is 12.4. The van der Waals surface area contributed by atoms with E-state index in [0.717, 1.165) is 51.7 Å². The Morgan fingerprint density at radius 1 is 1.14 bits per heavy atom. The van der Waals surface area contributed by atoms with Crippen molar-refractivity contribution in [2.24, 2.45) is 17.3 Å². The van der Waals surface area contributed by atoms with Crippen LogP contribution in [0.2, 0.25) is 0 Å². The molecule has 0 N–H and O–H groups in total. The molecule has 2 saturated heterocycles. The number of ketones is 1. The lowest BCUT2D eigenvalue weighted by Crippen LogP contribution is -2.41. The number of thioether (sulfide) groups is 1. The monoisotopic (exact) mass is 500 g/mol. The van der Waals surface area contributed by atoms with Crippen LogP contribution in [0.3, 0.4) is 0 Å². The molecule has 0 aromatic carbocycles. The van der Waals surface area contributed by atoms with Gasteiger partial charge in [-0.3, -0.25) is 4.79 Å². The van der Waals surface area contributed by atoms with E-state index in [1.807, 2.05) is 25.6 Å². The zero-order valence-electron chi connectivity index (χ0n) is 22.0. The third kappa shape index (κ3) is 5.61. The molecule has 35 heavy (non-hydrogen) atoms. The van der Waals surface area contributed by atoms with Gasteiger partial charge in [0.25, 0.3) is 0 Å². The first-order chi connectivity index (χ1) is 17.0. The van der Waals surface area contributed by atoms with Crippen LogP contribution in [-0.4, -0.2) is 42.6 Å². The second-order valence-corrected chi connectivity index (χ2v) is 11.9. The summed E-state index contributed by atoms with van der Waals surface area (Å²) < 4.78 is 17.2. The summed E-state index contributed by atoms with van der Waals surface area (Å²) in [6, 6.07) is 0. The Hall–Kier alpha value is -1.06. The minimum Gasteiger partial charge on any atom is -0.355 e. The first-order valence-electron chi connectivity index (χ1n) is 13.9. The van der Waals surface area contributed by atoms with Crippen LogP contribution in [0.25, 0.3) is 0 Å². The normalized spacial score (nSPS) is 34.9. The fourth-order valence-electron chi connectivity index (χ4n) is 7.06. The first-order valence-corrected chi connectivity index (χ1v) is 15.0. The van der Waals surface area contributed by atoms with E-state index in [0.29, 0.717) is 29.7 Å². The van der Waals surface area contributed by atoms with Crippen molar-refractivity contribution in [2.75, 3.05) is 25.6 Å². The van der Waals surface area contributed by atoms with Crippen LogP contribution in [0, 0.1) is 29.6 Å². The van der Waals surface area contributed by atoms with Crippen LogP contribution in [0.15, 0.2) is 22.8 Å². The molecule has 194 valence electrons. The van der Waals surface area contributed by atoms with Gasteiger partial charge in [0.2, 0.25) is 0 Å². The van der Waals surface area contributed by atoms with Gasteiger partial charge >= 0.3 is 0 Å². The molecule has 0 aromatic heterocycles. The van der Waals surface area contributed by atoms with Gasteiger partial charge in [-0.25, -0.2) is 0 Å². The van der Waals surface area contributed by atoms with E-state index in [1.54, 1.807) is 16.7 Å². The van der Waals surface area contributed by atoms with Crippen LogP contribution in [0.5, 0.6) is 0 Å². The van der Waals surface area contributed by atoms with Crippen LogP contribution in [0.4, 0.5) is 0 Å². The predicted octanol–water partition coefficient (Wildman–Crippen LogP) is 6.84. The van der Waals surface area contributed by atoms with E-state index in [2.05, 4.69) is 18.9 Å². The number of ether oxygens (including phenoxy) is 3. The maximum absolute atomic E-state index is 12.4. The highest BCUT2D eigenvalue weighted by molar-refractivity contribution is 7.99. The largest absolute Gasteiger partial charge is 0.355 e. The average Bonchev–Trinajstić information content (AvgIpc) is 3.48. The zero-order valence-corrected chi connectivity index (χ0v) is 22.9. The summed E-state index contributed by atoms with van der Waals surface area (Å²) in [6.07, 6.45) is 19.6. The molecule has 1 saturated carbocycles. The third-order valence-corrected chi connectivity index (χ3v) is 10.1. The molecule has 2 heterocycles. The average molecular weight is 501 g/mol. The number of hydrogen-bond donors (Lipinski definition) is 0. The van der Waals surface area contributed by atoms with Crippen LogP contribution in [0.1, 0.15) is 91.4 Å². The van der Waals surface area contributed by atoms with Crippen molar-refractivity contribution < 1.29 is 19.0 Å². The number of terminal acetylenes is 1. The minimum atomic E-state index is -0.307. The van der Waals surface area contributed by atoms with Crippen LogP contribution in [-0.2, 0) is 19.0 Å². The van der Waals surface area contributed by atoms with Crippen molar-refractivity contribution >= 4 is 17.5 Å². The predicted molar refractivity (Wildman–Crippen MR) is 143 cm³/mol. The Bertz CT molecular complexity index is 856. The molecule has 3 unspecified atom stereocenters. The fourth-order valence-corrected chi connectivity index (χ4v) is 8.19. The van der Waals surface area contributed by atoms with Crippen molar-refractivity contribution in [1.82, 2.24) is 0 Å². The van der Waals surface area contributed by atoms with Gasteiger partial charge in [-0.05, 0) is 80.1 Å². The Balaban J connectivity index is 0.000000204. The highest BCUT2D eigenvalue weighted by Crippen LogP contribution is 2.58. The fraction of sp³-hybridized carbons (Fsp3) is 0.767. The molecule has 4 aliphatic carbocycles. The molecular formula is C30H44O4S. The smallest absolute Gasteiger partial charge is 0.172 e. The molecule has 1 spiro atoms. The number of fused-ring (bicyclic) bond motifs is 4. The SMILES string of the molecule is C#CCOC1CCCCS1.CC.C[C@]12CC=C3C4=C(CCC3C1CCC2=O)CC1(CC4)OCCO1. The maximum Gasteiger partial charge on any atom is 0.172 e. The Labute approximate surface area is 217 Å². The summed E-state index contributed by atoms with van der Waals surface area (Å²) in [5.74, 6) is 5.12. The van der Waals surface area contributed by atoms with E-state index in [-0.39, 0.29) is 11.2 Å². The van der Waals surface area contributed by atoms with Gasteiger partial charge in [-0.1, -0.05) is 38.3 Å². The van der Waals surface area contributed by atoms with E-state index in [1.165, 1.54) is 37.9 Å². The van der Waals surface area contributed by atoms with Gasteiger partial charge < -0.3 is 14.2 Å². The second-order valence-electron chi connectivity index (χ2n) is 10.7. The number of allylic oxidation sites excluding steroid dienone is 3. The first kappa shape index (κ1) is 27.0. The molecule has 4 nitrogen and oxygen atoms in total. The van der Waals surface area contributed by atoms with E-state index < -0.39 is 0 Å². The molecule has 3 fully saturated rings. The summed E-state index contributed by atoms with van der Waals surface area (Å²) in [5, 5.41) is 0. The lowest BCUT2D eigenvalue weighted by molar-refractivity contribution is -0.164. The minimum absolute atomic E-state index is 0.0696. The molecule has 0 bridgehead atoms. The molecular weight excluding hydrogens is 456 g/mol. The number of hydrogen-bond acceptors (Lipinski definition) is 5. The van der Waals surface area contributed by atoms with Crippen molar-refractivity contribution in [3.8, 4) is 12.3 Å². The van der Waals surface area contributed by atoms with Gasteiger partial charge in [0.15, 0.2) is 5.79 Å². The van der Waals surface area contributed by atoms with Gasteiger partial charge in [-0.2, -0.15) is 0 Å². The van der Waals surface area contributed by atoms with E-state index >= 15 is 0 Å². The van der Waals surface area contributed by atoms with Crippen LogP contribution >= 0.6 is 11.8 Å². The number of carbonyl (C=O) groups is 1. The second kappa shape index (κ2) is 12.0. The zero-order chi connectivity index (χ0) is 24.9. The van der Waals surface area contributed by atoms with Crippen LogP contribution < -0.4 is 0 Å². The number of carbonyl (C=O) groups excluding carboxylic acids is 1. The van der Waals surface area contributed by atoms with Crippen molar-refractivity contribution in [3.05, 3.63) is 22.8 Å². The van der Waals surface area contributed by atoms with Gasteiger partial charge in [-0.15, -0.1) is 18.2 Å². The Kier molecular flexibility index (Phi) is 9.25. The summed E-state index contributed by atoms with van der Waals surface area (Å²) in [7, 11) is 0. The van der Waals surface area contributed by atoms with Crippen molar-refractivity contribution in [1.29, 1.82) is 0 Å². The highest BCUT2D eigenvalue weighted by Gasteiger charge is 2.53. The summed E-state index contributed by atoms with van der Waals surface area (Å²) in [6.45, 7) is 8.19. The Morgan fingerprint density at radius 3 is 2.66 bits per heavy atom. The van der Waals surface area contributed by atoms with Gasteiger partial charge in [0, 0.05) is 24.7 Å². The van der Waals surface area contributed by atoms with Crippen molar-refractivity contribution in [3.63, 3.8) is 0 Å². The molecule has 6 rings (SSSR count). The lowest BCUT2D eigenvalue weighted by atomic mass is 9.58. The summed E-state index contributed by atoms with van der Waals surface area (Å²) in [4.78, 5) is 12.4. The number of Topliss-reactive ketones (excluding diaryl/α,β-unsaturated/α-hetero) is 1. The summed E-state index contributed by atoms with van der Waals surface area (Å²) >= 11 is 1.89. The third-order valence-electron chi connectivity index (χ3n) is 8.84. The molecule has 0 amide bonds. The van der Waals surface area contributed by atoms with E-state index in [4.69, 9.17) is 20.6 Å². The molecule has 2 aliphatic heterocycles. The lowest BCUT2D eigenvalue weighted by Gasteiger charge is -2.46. The van der Waals surface area contributed by atoms with Crippen molar-refractivity contribution in [2.45, 2.75) is 103 Å². The Morgan fingerprint density at radius 2 is 1.94 bits per heavy atom. The van der Waals surface area contributed by atoms with Gasteiger partial charge in [0.1, 0.15) is 17.8 Å². The highest BCUT2D eigenvalue weighted by atomic mass is 32.2. The van der Waals surface area contributed by atoms with Gasteiger partial charge in [0.05, 0.1) is 13.2 Å². The molecule has 4 atom stereocenters. The molecule has 6 aliphatic rings. The standard InChI is InChI=1S/C20H26O3.C8H12OS.C2H6/c1-19-8-6-15-14-7-9-20(22-10-11-23-20)12-13(14)2-3-16(15)17(19)4-5-18(19)21;1-2-6-9-8-5-3-4-7-10-8;1-2/h6,16-17H,2-5,7-12H2,1H3;1,8H,3-7H2;1-2H3/t16?,17?,19-;;/m0../s1. The summed E-state index contributed by atoms with van der Waals surface area (Å²) in [5.41, 5.74) is 5.09. The molecule has 5 heteroatoms.